The predicted octanol–water partition coefficient (Wildman–Crippen LogP) is -2.01. The molecule has 0 aliphatic carbocycles. The van der Waals surface area contributed by atoms with Crippen LogP contribution in [0.1, 0.15) is 0 Å². The Morgan fingerprint density at radius 1 is 1.60 bits per heavy atom. The van der Waals surface area contributed by atoms with Crippen molar-refractivity contribution in [3.8, 4) is 0 Å². The van der Waals surface area contributed by atoms with Crippen molar-refractivity contribution in [1.29, 1.82) is 0 Å². The first kappa shape index (κ1) is 5.31. The van der Waals surface area contributed by atoms with Crippen LogP contribution in [0.25, 0.3) is 0 Å². The summed E-state index contributed by atoms with van der Waals surface area (Å²) in [5.41, 5.74) is 0. The topological polar surface area (TPSA) is 61.3 Å². The normalized spacial score (nSPS) is 9.60. The van der Waals surface area contributed by atoms with Crippen molar-refractivity contribution in [3.05, 3.63) is 0 Å². The van der Waals surface area contributed by atoms with Gasteiger partial charge in [0.05, 0.1) is 0 Å². The van der Waals surface area contributed by atoms with Gasteiger partial charge in [-0.15, -0.1) is 0 Å². The lowest BCUT2D eigenvalue weighted by molar-refractivity contribution is 0.633. The first-order valence-corrected chi connectivity index (χ1v) is 2.96. The van der Waals surface area contributed by atoms with Gasteiger partial charge < -0.3 is 14.9 Å². The van der Waals surface area contributed by atoms with Crippen LogP contribution in [-0.2, 0) is 4.12 Å². The lowest BCUT2D eigenvalue weighted by Crippen LogP contribution is -2.39. The van der Waals surface area contributed by atoms with Crippen molar-refractivity contribution in [2.24, 2.45) is 10.8 Å². The van der Waals surface area contributed by atoms with E-state index in [1.807, 2.05) is 0 Å². The molecule has 0 saturated carbocycles. The molecule has 0 unspecified atom stereocenters. The second-order valence-corrected chi connectivity index (χ2v) is 2.13. The molecule has 0 aromatic carbocycles. The maximum absolute atomic E-state index is 4.90. The molecule has 0 rings (SSSR count). The van der Waals surface area contributed by atoms with E-state index >= 15 is 0 Å². The SMILES string of the molecule is N[Si](N)O[Si]. The van der Waals surface area contributed by atoms with Crippen LogP contribution in [0.5, 0.6) is 0 Å². The minimum atomic E-state index is -1.46. The monoisotopic (exact) mass is 104 g/mol. The molecule has 0 fully saturated rings. The molecule has 4 radical (unpaired) electrons. The van der Waals surface area contributed by atoms with Gasteiger partial charge in [-0.25, -0.2) is 0 Å². The van der Waals surface area contributed by atoms with Crippen molar-refractivity contribution in [2.75, 3.05) is 0 Å². The molecule has 0 aromatic rings. The van der Waals surface area contributed by atoms with Crippen LogP contribution in [-0.4, -0.2) is 19.8 Å². The van der Waals surface area contributed by atoms with Crippen molar-refractivity contribution in [1.82, 2.24) is 0 Å². The largest absolute Gasteiger partial charge is 0.433 e. The van der Waals surface area contributed by atoms with Crippen LogP contribution in [0.2, 0.25) is 0 Å². The highest BCUT2D eigenvalue weighted by molar-refractivity contribution is 6.48. The molecule has 5 heteroatoms. The van der Waals surface area contributed by atoms with Gasteiger partial charge in [0, 0.05) is 0 Å². The van der Waals surface area contributed by atoms with E-state index in [-0.39, 0.29) is 0 Å². The Labute approximate surface area is 35.7 Å². The van der Waals surface area contributed by atoms with E-state index in [2.05, 4.69) is 14.6 Å². The summed E-state index contributed by atoms with van der Waals surface area (Å²) in [6, 6.07) is 0. The molecule has 28 valence electrons. The number of rotatable bonds is 1. The molecule has 0 aliphatic rings. The van der Waals surface area contributed by atoms with Gasteiger partial charge in [-0.1, -0.05) is 0 Å². The molecule has 0 aliphatic heterocycles. The van der Waals surface area contributed by atoms with E-state index in [0.717, 1.165) is 0 Å². The zero-order chi connectivity index (χ0) is 4.28. The summed E-state index contributed by atoms with van der Waals surface area (Å²) in [5, 5.41) is 9.80. The molecule has 0 atom stereocenters. The van der Waals surface area contributed by atoms with Crippen LogP contribution >= 0.6 is 0 Å². The van der Waals surface area contributed by atoms with Gasteiger partial charge in [0.25, 0.3) is 0 Å². The van der Waals surface area contributed by atoms with Crippen LogP contribution in [0.15, 0.2) is 0 Å². The fraction of sp³-hybridized carbons (Fsp3) is 0. The standard InChI is InChI=1S/H4N2OSi2/c1-5(2)3-4/h1-2H2. The average Bonchev–Trinajstić information content (AvgIpc) is 1.38. The van der Waals surface area contributed by atoms with Crippen LogP contribution < -0.4 is 10.8 Å². The third kappa shape index (κ3) is 4.31. The van der Waals surface area contributed by atoms with Gasteiger partial charge in [-0.3, -0.25) is 0 Å². The molecular formula is H4N2OSi2. The van der Waals surface area contributed by atoms with E-state index in [1.54, 1.807) is 0 Å². The molecule has 0 saturated heterocycles. The molecule has 4 N–H and O–H groups in total. The van der Waals surface area contributed by atoms with Gasteiger partial charge in [-0.2, -0.15) is 0 Å². The Hall–Kier alpha value is 0.314. The molecule has 5 heavy (non-hydrogen) atoms. The first-order chi connectivity index (χ1) is 2.27. The van der Waals surface area contributed by atoms with Crippen LogP contribution in [0.4, 0.5) is 0 Å². The highest BCUT2D eigenvalue weighted by Gasteiger charge is 1.88. The van der Waals surface area contributed by atoms with Gasteiger partial charge in [-0.05, 0) is 0 Å². The Morgan fingerprint density at radius 3 is 1.80 bits per heavy atom. The first-order valence-electron chi connectivity index (χ1n) is 0.986. The summed E-state index contributed by atoms with van der Waals surface area (Å²) >= 11 is 0. The molecular weight excluding hydrogens is 100 g/mol. The van der Waals surface area contributed by atoms with Gasteiger partial charge in [0.2, 0.25) is 10.5 Å². The van der Waals surface area contributed by atoms with Gasteiger partial charge in [0.15, 0.2) is 0 Å². The quantitative estimate of drug-likeness (QED) is 0.378. The fourth-order valence-corrected chi connectivity index (χ4v) is 0. The number of hydrogen-bond acceptors (Lipinski definition) is 3. The van der Waals surface area contributed by atoms with Gasteiger partial charge in [0.1, 0.15) is 0 Å². The Balaban J connectivity index is 2.54. The highest BCUT2D eigenvalue weighted by Crippen LogP contribution is 1.45. The van der Waals surface area contributed by atoms with E-state index in [0.29, 0.717) is 0 Å². The van der Waals surface area contributed by atoms with E-state index in [4.69, 9.17) is 10.8 Å². The third-order valence-electron chi connectivity index (χ3n) is 0.118. The zero-order valence-electron chi connectivity index (χ0n) is 2.56. The zero-order valence-corrected chi connectivity index (χ0v) is 4.56. The van der Waals surface area contributed by atoms with E-state index in [1.165, 1.54) is 0 Å². The van der Waals surface area contributed by atoms with Crippen LogP contribution in [0.3, 0.4) is 0 Å². The minimum absolute atomic E-state index is 1.46. The van der Waals surface area contributed by atoms with Crippen LogP contribution in [0, 0.1) is 0 Å². The second-order valence-electron chi connectivity index (χ2n) is 0.504. The molecule has 0 spiro atoms. The lowest BCUT2D eigenvalue weighted by Gasteiger charge is -1.89. The van der Waals surface area contributed by atoms with Crippen molar-refractivity contribution < 1.29 is 4.12 Å². The molecule has 0 bridgehead atoms. The summed E-state index contributed by atoms with van der Waals surface area (Å²) in [6.45, 7) is 0. The van der Waals surface area contributed by atoms with E-state index in [9.17, 15) is 0 Å². The van der Waals surface area contributed by atoms with Crippen molar-refractivity contribution >= 4 is 19.8 Å². The van der Waals surface area contributed by atoms with Crippen molar-refractivity contribution in [2.45, 2.75) is 0 Å². The van der Waals surface area contributed by atoms with E-state index < -0.39 is 9.36 Å². The molecule has 0 heterocycles. The minimum Gasteiger partial charge on any atom is -0.433 e. The highest BCUT2D eigenvalue weighted by atomic mass is 28.3. The fourth-order valence-electron chi connectivity index (χ4n) is 0. The summed E-state index contributed by atoms with van der Waals surface area (Å²) in [5.74, 6) is 0. The molecule has 0 amide bonds. The van der Waals surface area contributed by atoms with Crippen molar-refractivity contribution in [3.63, 3.8) is 0 Å². The Morgan fingerprint density at radius 2 is 1.80 bits per heavy atom. The third-order valence-corrected chi connectivity index (χ3v) is 1.06. The van der Waals surface area contributed by atoms with Gasteiger partial charge >= 0.3 is 9.36 Å². The molecule has 0 aromatic heterocycles. The maximum Gasteiger partial charge on any atom is 0.384 e. The Bertz CT molecular complexity index is 21.6. The Kier molecular flexibility index (Phi) is 2.71. The summed E-state index contributed by atoms with van der Waals surface area (Å²) in [7, 11) is 1.19. The smallest absolute Gasteiger partial charge is 0.384 e. The lowest BCUT2D eigenvalue weighted by atomic mass is 13.9. The predicted molar refractivity (Wildman–Crippen MR) is 21.0 cm³/mol. The maximum atomic E-state index is 4.90. The second kappa shape index (κ2) is 2.55. The average molecular weight is 104 g/mol. The summed E-state index contributed by atoms with van der Waals surface area (Å²) in [6.07, 6.45) is 0. The number of nitrogens with two attached hydrogens (primary N) is 2. The molecule has 3 nitrogen and oxygen atoms in total. The summed E-state index contributed by atoms with van der Waals surface area (Å²) in [4.78, 5) is 0. The summed E-state index contributed by atoms with van der Waals surface area (Å²) < 4.78 is 4.21. The number of hydrogen-bond donors (Lipinski definition) is 2.